The first-order chi connectivity index (χ1) is 10.0. The van der Waals surface area contributed by atoms with E-state index in [0.29, 0.717) is 11.1 Å². The van der Waals surface area contributed by atoms with E-state index in [4.69, 9.17) is 0 Å². The van der Waals surface area contributed by atoms with Crippen molar-refractivity contribution in [3.8, 4) is 0 Å². The number of para-hydroxylation sites is 2. The summed E-state index contributed by atoms with van der Waals surface area (Å²) in [5, 5.41) is 10.6. The molecule has 0 aliphatic rings. The first-order valence-corrected chi connectivity index (χ1v) is 7.47. The number of hydrogen-bond donors (Lipinski definition) is 2. The largest absolute Gasteiger partial charge is 0.389 e. The third-order valence-electron chi connectivity index (χ3n) is 3.32. The molecule has 3 rings (SSSR count). The Kier molecular flexibility index (Phi) is 3.69. The molecule has 2 aromatic carbocycles. The van der Waals surface area contributed by atoms with Crippen LogP contribution in [0.3, 0.4) is 0 Å². The smallest absolute Gasteiger partial charge is 0.171 e. The Labute approximate surface area is 126 Å². The molecule has 0 amide bonds. The molecule has 0 aliphatic heterocycles. The summed E-state index contributed by atoms with van der Waals surface area (Å²) in [6, 6.07) is 10.9. The number of halogens is 1. The zero-order valence-electron chi connectivity index (χ0n) is 11.7. The molecule has 0 unspecified atom stereocenters. The summed E-state index contributed by atoms with van der Waals surface area (Å²) in [6.45, 7) is 3.34. The zero-order chi connectivity index (χ0) is 15.0. The number of aromatic amines is 1. The van der Waals surface area contributed by atoms with Gasteiger partial charge in [0.15, 0.2) is 5.16 Å². The van der Waals surface area contributed by atoms with Crippen LogP contribution in [0.25, 0.3) is 11.0 Å². The van der Waals surface area contributed by atoms with Gasteiger partial charge >= 0.3 is 0 Å². The minimum atomic E-state index is -0.730. The minimum absolute atomic E-state index is 0.306. The fraction of sp³-hybridized carbons (Fsp3) is 0.188. The van der Waals surface area contributed by atoms with Crippen molar-refractivity contribution in [1.82, 2.24) is 9.97 Å². The van der Waals surface area contributed by atoms with Gasteiger partial charge in [-0.1, -0.05) is 23.9 Å². The highest BCUT2D eigenvalue weighted by Gasteiger charge is 2.14. The molecule has 0 bridgehead atoms. The quantitative estimate of drug-likeness (QED) is 0.761. The van der Waals surface area contributed by atoms with Crippen LogP contribution in [0.15, 0.2) is 46.5 Å². The lowest BCUT2D eigenvalue weighted by Gasteiger charge is -2.12. The van der Waals surface area contributed by atoms with Crippen LogP contribution in [0, 0.1) is 12.7 Å². The molecular weight excluding hydrogens is 287 g/mol. The van der Waals surface area contributed by atoms with Gasteiger partial charge < -0.3 is 10.1 Å². The molecule has 3 aromatic rings. The topological polar surface area (TPSA) is 48.9 Å². The monoisotopic (exact) mass is 302 g/mol. The molecule has 0 saturated carbocycles. The maximum absolute atomic E-state index is 13.7. The SMILES string of the molecule is Cc1cc(Sc2nc3ccccc3[nH]2)c([C@@H](C)O)cc1F. The number of aliphatic hydroxyl groups excluding tert-OH is 1. The number of nitrogens with one attached hydrogen (secondary N) is 1. The van der Waals surface area contributed by atoms with Gasteiger partial charge in [-0.3, -0.25) is 0 Å². The van der Waals surface area contributed by atoms with Crippen LogP contribution in [-0.4, -0.2) is 15.1 Å². The van der Waals surface area contributed by atoms with Gasteiger partial charge in [-0.25, -0.2) is 9.37 Å². The lowest BCUT2D eigenvalue weighted by molar-refractivity contribution is 0.196. The van der Waals surface area contributed by atoms with Crippen molar-refractivity contribution in [2.45, 2.75) is 30.0 Å². The van der Waals surface area contributed by atoms with Crippen LogP contribution in [0.2, 0.25) is 0 Å². The highest BCUT2D eigenvalue weighted by molar-refractivity contribution is 7.99. The first-order valence-electron chi connectivity index (χ1n) is 6.65. The number of nitrogens with zero attached hydrogens (tertiary/aromatic N) is 1. The van der Waals surface area contributed by atoms with Crippen LogP contribution >= 0.6 is 11.8 Å². The molecule has 0 radical (unpaired) electrons. The Bertz CT molecular complexity index is 765. The molecular formula is C16H15FN2OS. The van der Waals surface area contributed by atoms with Gasteiger partial charge in [-0.2, -0.15) is 0 Å². The number of rotatable bonds is 3. The van der Waals surface area contributed by atoms with Crippen molar-refractivity contribution in [3.63, 3.8) is 0 Å². The van der Waals surface area contributed by atoms with Crippen molar-refractivity contribution in [3.05, 3.63) is 53.3 Å². The van der Waals surface area contributed by atoms with E-state index < -0.39 is 6.10 Å². The normalized spacial score (nSPS) is 12.8. The molecule has 5 heteroatoms. The lowest BCUT2D eigenvalue weighted by Crippen LogP contribution is -1.97. The molecule has 1 atom stereocenters. The molecule has 0 fully saturated rings. The maximum Gasteiger partial charge on any atom is 0.171 e. The Morgan fingerprint density at radius 2 is 2.05 bits per heavy atom. The Hall–Kier alpha value is -1.85. The zero-order valence-corrected chi connectivity index (χ0v) is 12.5. The number of H-pyrrole nitrogens is 1. The van der Waals surface area contributed by atoms with Crippen LogP contribution < -0.4 is 0 Å². The Morgan fingerprint density at radius 1 is 1.29 bits per heavy atom. The summed E-state index contributed by atoms with van der Waals surface area (Å²) in [5.74, 6) is -0.306. The summed E-state index contributed by atoms with van der Waals surface area (Å²) < 4.78 is 13.7. The third kappa shape index (κ3) is 2.80. The first kappa shape index (κ1) is 14.1. The molecule has 21 heavy (non-hydrogen) atoms. The summed E-state index contributed by atoms with van der Waals surface area (Å²) in [6.07, 6.45) is -0.730. The predicted octanol–water partition coefficient (Wildman–Crippen LogP) is 4.21. The summed E-state index contributed by atoms with van der Waals surface area (Å²) in [4.78, 5) is 8.52. The molecule has 0 aliphatic carbocycles. The Morgan fingerprint density at radius 3 is 2.76 bits per heavy atom. The molecule has 0 spiro atoms. The number of aromatic nitrogens is 2. The van der Waals surface area contributed by atoms with Gasteiger partial charge in [-0.15, -0.1) is 0 Å². The molecule has 108 valence electrons. The van der Waals surface area contributed by atoms with Crippen molar-refractivity contribution >= 4 is 22.8 Å². The van der Waals surface area contributed by atoms with E-state index in [1.54, 1.807) is 19.9 Å². The molecule has 0 saturated heterocycles. The van der Waals surface area contributed by atoms with Crippen LogP contribution in [0.4, 0.5) is 4.39 Å². The highest BCUT2D eigenvalue weighted by atomic mass is 32.2. The van der Waals surface area contributed by atoms with Crippen LogP contribution in [0.5, 0.6) is 0 Å². The van der Waals surface area contributed by atoms with E-state index in [-0.39, 0.29) is 5.82 Å². The van der Waals surface area contributed by atoms with Gasteiger partial charge in [-0.05, 0) is 49.2 Å². The number of aryl methyl sites for hydroxylation is 1. The fourth-order valence-electron chi connectivity index (χ4n) is 2.17. The molecule has 1 heterocycles. The number of fused-ring (bicyclic) bond motifs is 1. The third-order valence-corrected chi connectivity index (χ3v) is 4.28. The Balaban J connectivity index is 2.02. The second-order valence-electron chi connectivity index (χ2n) is 4.98. The number of hydrogen-bond acceptors (Lipinski definition) is 3. The van der Waals surface area contributed by atoms with Crippen molar-refractivity contribution in [1.29, 1.82) is 0 Å². The second kappa shape index (κ2) is 5.50. The number of aliphatic hydroxyl groups is 1. The van der Waals surface area contributed by atoms with Crippen molar-refractivity contribution < 1.29 is 9.50 Å². The molecule has 1 aromatic heterocycles. The van der Waals surface area contributed by atoms with Crippen LogP contribution in [0.1, 0.15) is 24.2 Å². The molecule has 3 nitrogen and oxygen atoms in total. The van der Waals surface area contributed by atoms with Gasteiger partial charge in [0.2, 0.25) is 0 Å². The maximum atomic E-state index is 13.7. The van der Waals surface area contributed by atoms with E-state index in [0.717, 1.165) is 21.1 Å². The average Bonchev–Trinajstić information content (AvgIpc) is 2.84. The van der Waals surface area contributed by atoms with E-state index in [9.17, 15) is 9.50 Å². The van der Waals surface area contributed by atoms with Gasteiger partial charge in [0, 0.05) is 4.90 Å². The van der Waals surface area contributed by atoms with Crippen molar-refractivity contribution in [2.75, 3.05) is 0 Å². The highest BCUT2D eigenvalue weighted by Crippen LogP contribution is 2.34. The number of benzene rings is 2. The number of imidazole rings is 1. The second-order valence-corrected chi connectivity index (χ2v) is 6.01. The van der Waals surface area contributed by atoms with E-state index >= 15 is 0 Å². The standard InChI is InChI=1S/C16H15FN2OS/c1-9-7-15(11(10(2)20)8-12(9)17)21-16-18-13-5-3-4-6-14(13)19-16/h3-8,10,20H,1-2H3,(H,18,19)/t10-/m1/s1. The van der Waals surface area contributed by atoms with E-state index in [2.05, 4.69) is 9.97 Å². The summed E-state index contributed by atoms with van der Waals surface area (Å²) in [7, 11) is 0. The summed E-state index contributed by atoms with van der Waals surface area (Å²) >= 11 is 1.40. The minimum Gasteiger partial charge on any atom is -0.389 e. The van der Waals surface area contributed by atoms with E-state index in [1.165, 1.54) is 17.8 Å². The van der Waals surface area contributed by atoms with E-state index in [1.807, 2.05) is 24.3 Å². The van der Waals surface area contributed by atoms with Gasteiger partial charge in [0.05, 0.1) is 17.1 Å². The molecule has 2 N–H and O–H groups in total. The fourth-order valence-corrected chi connectivity index (χ4v) is 3.26. The van der Waals surface area contributed by atoms with Crippen LogP contribution in [-0.2, 0) is 0 Å². The predicted molar refractivity (Wildman–Crippen MR) is 82.0 cm³/mol. The van der Waals surface area contributed by atoms with Gasteiger partial charge in [0.25, 0.3) is 0 Å². The summed E-state index contributed by atoms with van der Waals surface area (Å²) in [5.41, 5.74) is 2.97. The average molecular weight is 302 g/mol. The van der Waals surface area contributed by atoms with Crippen molar-refractivity contribution in [2.24, 2.45) is 0 Å². The lowest BCUT2D eigenvalue weighted by atomic mass is 10.1. The van der Waals surface area contributed by atoms with Gasteiger partial charge in [0.1, 0.15) is 5.82 Å².